The van der Waals surface area contributed by atoms with Crippen LogP contribution in [0.25, 0.3) is 16.9 Å². The van der Waals surface area contributed by atoms with Crippen LogP contribution < -0.4 is 5.32 Å². The number of halogens is 2. The summed E-state index contributed by atoms with van der Waals surface area (Å²) in [6, 6.07) is 23.8. The maximum Gasteiger partial charge on any atom is 0.255 e. The Morgan fingerprint density at radius 2 is 1.69 bits per heavy atom. The van der Waals surface area contributed by atoms with Gasteiger partial charge in [0.25, 0.3) is 5.91 Å². The van der Waals surface area contributed by atoms with E-state index in [0.717, 1.165) is 5.56 Å². The van der Waals surface area contributed by atoms with Gasteiger partial charge in [-0.3, -0.25) is 9.59 Å². The van der Waals surface area contributed by atoms with Crippen LogP contribution in [0.3, 0.4) is 0 Å². The van der Waals surface area contributed by atoms with E-state index in [1.807, 2.05) is 37.3 Å². The monoisotopic (exact) mass is 490 g/mol. The topological polar surface area (TPSA) is 67.2 Å². The highest BCUT2D eigenvalue weighted by Gasteiger charge is 2.21. The number of hydrogen-bond acceptors (Lipinski definition) is 3. The Bertz CT molecular complexity index is 1320. The fourth-order valence-corrected chi connectivity index (χ4v) is 3.90. The van der Waals surface area contributed by atoms with E-state index >= 15 is 0 Å². The molecule has 0 aliphatic heterocycles. The van der Waals surface area contributed by atoms with Gasteiger partial charge in [-0.05, 0) is 42.8 Å². The Labute approximate surface area is 208 Å². The number of carbonyl (C=O) groups is 2. The zero-order chi connectivity index (χ0) is 24.8. The molecule has 178 valence electrons. The Hall–Kier alpha value is -3.97. The lowest BCUT2D eigenvalue weighted by molar-refractivity contribution is -0.116. The van der Waals surface area contributed by atoms with Crippen LogP contribution in [-0.4, -0.2) is 39.6 Å². The van der Waals surface area contributed by atoms with Crippen molar-refractivity contribution in [3.63, 3.8) is 0 Å². The molecular formula is C27H24ClFN4O2. The van der Waals surface area contributed by atoms with Gasteiger partial charge in [-0.1, -0.05) is 61.0 Å². The van der Waals surface area contributed by atoms with Crippen molar-refractivity contribution in [3.05, 3.63) is 101 Å². The van der Waals surface area contributed by atoms with Gasteiger partial charge in [0.2, 0.25) is 5.91 Å². The van der Waals surface area contributed by atoms with Gasteiger partial charge in [0, 0.05) is 18.2 Å². The molecule has 0 aliphatic rings. The van der Waals surface area contributed by atoms with Crippen LogP contribution in [0.2, 0.25) is 5.02 Å². The molecule has 0 unspecified atom stereocenters. The molecule has 0 fully saturated rings. The standard InChI is InChI=1S/C27H24ClFN4O2/c1-2-16-32(27(35)22-10-6-7-11-23(22)28)18-26(34)30-25-17-24(19-8-4-3-5-9-19)31-33(25)21-14-12-20(29)13-15-21/h3-15,17H,2,16,18H2,1H3,(H,30,34). The molecule has 0 atom stereocenters. The lowest BCUT2D eigenvalue weighted by Crippen LogP contribution is -2.38. The van der Waals surface area contributed by atoms with Crippen LogP contribution >= 0.6 is 11.6 Å². The quantitative estimate of drug-likeness (QED) is 0.338. The molecule has 6 nitrogen and oxygen atoms in total. The number of rotatable bonds is 8. The van der Waals surface area contributed by atoms with Crippen molar-refractivity contribution in [1.82, 2.24) is 14.7 Å². The minimum Gasteiger partial charge on any atom is -0.329 e. The highest BCUT2D eigenvalue weighted by atomic mass is 35.5. The number of nitrogens with one attached hydrogen (secondary N) is 1. The number of nitrogens with zero attached hydrogens (tertiary/aromatic N) is 3. The second-order valence-corrected chi connectivity index (χ2v) is 8.33. The van der Waals surface area contributed by atoms with Gasteiger partial charge in [-0.2, -0.15) is 5.10 Å². The first kappa shape index (κ1) is 24.2. The largest absolute Gasteiger partial charge is 0.329 e. The summed E-state index contributed by atoms with van der Waals surface area (Å²) >= 11 is 6.20. The molecule has 1 heterocycles. The number of aromatic nitrogens is 2. The molecule has 1 aromatic heterocycles. The summed E-state index contributed by atoms with van der Waals surface area (Å²) in [6.45, 7) is 2.16. The van der Waals surface area contributed by atoms with E-state index in [1.54, 1.807) is 47.1 Å². The predicted molar refractivity (Wildman–Crippen MR) is 135 cm³/mol. The smallest absolute Gasteiger partial charge is 0.255 e. The molecule has 1 N–H and O–H groups in total. The zero-order valence-corrected chi connectivity index (χ0v) is 19.9. The van der Waals surface area contributed by atoms with Crippen LogP contribution in [-0.2, 0) is 4.79 Å². The van der Waals surface area contributed by atoms with Gasteiger partial charge >= 0.3 is 0 Å². The summed E-state index contributed by atoms with van der Waals surface area (Å²) in [5, 5.41) is 7.82. The van der Waals surface area contributed by atoms with Crippen molar-refractivity contribution >= 4 is 29.2 Å². The molecule has 8 heteroatoms. The maximum atomic E-state index is 13.5. The van der Waals surface area contributed by atoms with E-state index < -0.39 is 0 Å². The average molecular weight is 491 g/mol. The van der Waals surface area contributed by atoms with Gasteiger partial charge in [0.1, 0.15) is 18.2 Å². The maximum absolute atomic E-state index is 13.5. The molecule has 3 aromatic carbocycles. The van der Waals surface area contributed by atoms with Gasteiger partial charge in [-0.25, -0.2) is 9.07 Å². The molecule has 0 aliphatic carbocycles. The molecule has 0 bridgehead atoms. The molecule has 2 amide bonds. The van der Waals surface area contributed by atoms with Crippen LogP contribution in [0.4, 0.5) is 10.2 Å². The van der Waals surface area contributed by atoms with Crippen molar-refractivity contribution in [3.8, 4) is 16.9 Å². The Morgan fingerprint density at radius 3 is 2.37 bits per heavy atom. The number of anilines is 1. The van der Waals surface area contributed by atoms with E-state index in [4.69, 9.17) is 11.6 Å². The first-order chi connectivity index (χ1) is 17.0. The van der Waals surface area contributed by atoms with Crippen LogP contribution in [0.5, 0.6) is 0 Å². The number of carbonyl (C=O) groups excluding carboxylic acids is 2. The molecule has 0 spiro atoms. The average Bonchev–Trinajstić information content (AvgIpc) is 3.28. The van der Waals surface area contributed by atoms with Gasteiger partial charge < -0.3 is 10.2 Å². The molecule has 4 aromatic rings. The van der Waals surface area contributed by atoms with E-state index in [-0.39, 0.29) is 24.2 Å². The fraction of sp³-hybridized carbons (Fsp3) is 0.148. The van der Waals surface area contributed by atoms with Gasteiger partial charge in [0.05, 0.1) is 22.0 Å². The Kier molecular flexibility index (Phi) is 7.57. The third kappa shape index (κ3) is 5.75. The SMILES string of the molecule is CCCN(CC(=O)Nc1cc(-c2ccccc2)nn1-c1ccc(F)cc1)C(=O)c1ccccc1Cl. The third-order valence-corrected chi connectivity index (χ3v) is 5.67. The summed E-state index contributed by atoms with van der Waals surface area (Å²) in [4.78, 5) is 27.6. The highest BCUT2D eigenvalue weighted by Crippen LogP contribution is 2.25. The normalized spacial score (nSPS) is 10.7. The van der Waals surface area contributed by atoms with E-state index in [2.05, 4.69) is 10.4 Å². The molecule has 0 saturated carbocycles. The first-order valence-electron chi connectivity index (χ1n) is 11.2. The fourth-order valence-electron chi connectivity index (χ4n) is 3.68. The summed E-state index contributed by atoms with van der Waals surface area (Å²) < 4.78 is 15.0. The number of amides is 2. The molecule has 0 saturated heterocycles. The minimum absolute atomic E-state index is 0.160. The highest BCUT2D eigenvalue weighted by molar-refractivity contribution is 6.33. The lowest BCUT2D eigenvalue weighted by Gasteiger charge is -2.22. The van der Waals surface area contributed by atoms with Gasteiger partial charge in [-0.15, -0.1) is 0 Å². The molecule has 0 radical (unpaired) electrons. The lowest BCUT2D eigenvalue weighted by atomic mass is 10.1. The van der Waals surface area contributed by atoms with E-state index in [0.29, 0.717) is 40.8 Å². The van der Waals surface area contributed by atoms with Gasteiger partial charge in [0.15, 0.2) is 0 Å². The summed E-state index contributed by atoms with van der Waals surface area (Å²) in [5.74, 6) is -0.670. The zero-order valence-electron chi connectivity index (χ0n) is 19.1. The van der Waals surface area contributed by atoms with Crippen molar-refractivity contribution in [2.24, 2.45) is 0 Å². The number of hydrogen-bond donors (Lipinski definition) is 1. The third-order valence-electron chi connectivity index (χ3n) is 5.34. The minimum atomic E-state index is -0.387. The second kappa shape index (κ2) is 11.0. The Morgan fingerprint density at radius 1 is 1.00 bits per heavy atom. The van der Waals surface area contributed by atoms with Crippen LogP contribution in [0, 0.1) is 5.82 Å². The second-order valence-electron chi connectivity index (χ2n) is 7.92. The van der Waals surface area contributed by atoms with Crippen molar-refractivity contribution in [2.75, 3.05) is 18.4 Å². The number of benzene rings is 3. The van der Waals surface area contributed by atoms with Crippen molar-refractivity contribution in [1.29, 1.82) is 0 Å². The first-order valence-corrected chi connectivity index (χ1v) is 11.6. The Balaban J connectivity index is 1.60. The summed E-state index contributed by atoms with van der Waals surface area (Å²) in [6.07, 6.45) is 0.676. The van der Waals surface area contributed by atoms with Crippen molar-refractivity contribution in [2.45, 2.75) is 13.3 Å². The molecule has 4 rings (SSSR count). The molecular weight excluding hydrogens is 467 g/mol. The van der Waals surface area contributed by atoms with Crippen LogP contribution in [0.15, 0.2) is 84.9 Å². The van der Waals surface area contributed by atoms with Crippen molar-refractivity contribution < 1.29 is 14.0 Å². The summed E-state index contributed by atoms with van der Waals surface area (Å²) in [7, 11) is 0. The van der Waals surface area contributed by atoms with E-state index in [1.165, 1.54) is 17.0 Å². The van der Waals surface area contributed by atoms with Crippen LogP contribution in [0.1, 0.15) is 23.7 Å². The predicted octanol–water partition coefficient (Wildman–Crippen LogP) is 5.82. The molecule has 35 heavy (non-hydrogen) atoms. The summed E-state index contributed by atoms with van der Waals surface area (Å²) in [5.41, 5.74) is 2.44. The van der Waals surface area contributed by atoms with E-state index in [9.17, 15) is 14.0 Å².